The number of hydrogen-bond donors (Lipinski definition) is 3. The Morgan fingerprint density at radius 2 is 1.74 bits per heavy atom. The fourth-order valence-electron chi connectivity index (χ4n) is 3.06. The van der Waals surface area contributed by atoms with Crippen LogP contribution in [0.25, 0.3) is 0 Å². The minimum atomic E-state index is -4.35. The molecular weight excluding hydrogens is 333 g/mol. The molecule has 9 heteroatoms. The van der Waals surface area contributed by atoms with Gasteiger partial charge in [0.15, 0.2) is 0 Å². The Morgan fingerprint density at radius 1 is 1.22 bits per heavy atom. The molecule has 5 nitrogen and oxygen atoms in total. The van der Waals surface area contributed by atoms with Gasteiger partial charge in [-0.3, -0.25) is 9.57 Å². The summed E-state index contributed by atoms with van der Waals surface area (Å²) in [5.41, 5.74) is 5.28. The number of aliphatic carboxylic acids is 1. The molecule has 4 N–H and O–H groups in total. The quantitative estimate of drug-likeness (QED) is 0.620. The van der Waals surface area contributed by atoms with E-state index in [-0.39, 0.29) is 24.3 Å². The molecular formula is C14H25F3N2O3S. The van der Waals surface area contributed by atoms with Crippen LogP contribution >= 0.6 is 0 Å². The van der Waals surface area contributed by atoms with Gasteiger partial charge in [-0.1, -0.05) is 19.3 Å². The number of rotatable bonds is 8. The lowest BCUT2D eigenvalue weighted by atomic mass is 9.78. The van der Waals surface area contributed by atoms with Gasteiger partial charge in [0.1, 0.15) is 6.04 Å². The maximum absolute atomic E-state index is 13.2. The van der Waals surface area contributed by atoms with Crippen LogP contribution in [0.1, 0.15) is 44.9 Å². The maximum Gasteiger partial charge on any atom is 0.392 e. The number of alkyl halides is 3. The van der Waals surface area contributed by atoms with Crippen molar-refractivity contribution in [2.24, 2.45) is 17.6 Å². The van der Waals surface area contributed by atoms with Crippen molar-refractivity contribution < 1.29 is 27.3 Å². The Labute approximate surface area is 134 Å². The molecule has 0 bridgehead atoms. The van der Waals surface area contributed by atoms with E-state index in [4.69, 9.17) is 15.6 Å². The van der Waals surface area contributed by atoms with Gasteiger partial charge in [0.05, 0.1) is 5.92 Å². The first-order valence-electron chi connectivity index (χ1n) is 7.82. The van der Waals surface area contributed by atoms with Gasteiger partial charge in [-0.05, 0) is 31.6 Å². The zero-order valence-corrected chi connectivity index (χ0v) is 13.8. The molecule has 1 aliphatic carbocycles. The van der Waals surface area contributed by atoms with Gasteiger partial charge in [-0.15, -0.1) is 0 Å². The van der Waals surface area contributed by atoms with Crippen molar-refractivity contribution in [3.8, 4) is 0 Å². The van der Waals surface area contributed by atoms with E-state index in [1.807, 2.05) is 0 Å². The standard InChI is InChI=1S/C14H25F3N2O3S/c15-14(16,17)11(10-4-2-1-3-5-10)6-8-23(19,22)9-7-12(18)13(20)21/h10-12,19H,1-9,18H2,(H,20,21)/t11?,12-,23?/m0/s1. The highest BCUT2D eigenvalue weighted by molar-refractivity contribution is 7.92. The minimum absolute atomic E-state index is 0.169. The third kappa shape index (κ3) is 7.07. The summed E-state index contributed by atoms with van der Waals surface area (Å²) in [7, 11) is -3.25. The van der Waals surface area contributed by atoms with E-state index in [0.717, 1.165) is 19.3 Å². The fraction of sp³-hybridized carbons (Fsp3) is 0.929. The van der Waals surface area contributed by atoms with Crippen molar-refractivity contribution in [2.75, 3.05) is 11.5 Å². The summed E-state index contributed by atoms with van der Waals surface area (Å²) in [6.45, 7) is 0. The van der Waals surface area contributed by atoms with Crippen molar-refractivity contribution in [3.63, 3.8) is 0 Å². The average Bonchev–Trinajstić information content (AvgIpc) is 2.44. The largest absolute Gasteiger partial charge is 0.480 e. The molecule has 0 heterocycles. The van der Waals surface area contributed by atoms with Gasteiger partial charge in [-0.25, -0.2) is 4.21 Å². The Morgan fingerprint density at radius 3 is 2.22 bits per heavy atom. The van der Waals surface area contributed by atoms with E-state index < -0.39 is 39.8 Å². The molecule has 3 atom stereocenters. The van der Waals surface area contributed by atoms with Crippen LogP contribution in [0.2, 0.25) is 0 Å². The second kappa shape index (κ2) is 8.32. The highest BCUT2D eigenvalue weighted by atomic mass is 32.2. The fourth-order valence-corrected chi connectivity index (χ4v) is 4.54. The summed E-state index contributed by atoms with van der Waals surface area (Å²) >= 11 is 0. The van der Waals surface area contributed by atoms with Crippen LogP contribution in [0.4, 0.5) is 13.2 Å². The smallest absolute Gasteiger partial charge is 0.392 e. The van der Waals surface area contributed by atoms with Crippen molar-refractivity contribution in [1.82, 2.24) is 0 Å². The van der Waals surface area contributed by atoms with Crippen LogP contribution < -0.4 is 5.73 Å². The zero-order chi connectivity index (χ0) is 17.7. The first kappa shape index (κ1) is 20.2. The Balaban J connectivity index is 2.61. The van der Waals surface area contributed by atoms with E-state index in [0.29, 0.717) is 12.8 Å². The molecule has 0 radical (unpaired) electrons. The molecule has 0 spiro atoms. The molecule has 136 valence electrons. The SMILES string of the molecule is N=S(=O)(CCC(C1CCCCC1)C(F)(F)F)CC[C@H](N)C(=O)O. The number of carboxylic acid groups (broad SMARTS) is 1. The molecule has 0 aromatic heterocycles. The summed E-state index contributed by atoms with van der Waals surface area (Å²) in [5.74, 6) is -3.90. The predicted molar refractivity (Wildman–Crippen MR) is 81.6 cm³/mol. The lowest BCUT2D eigenvalue weighted by Gasteiger charge is -2.32. The summed E-state index contributed by atoms with van der Waals surface area (Å²) in [5, 5.41) is 8.65. The molecule has 0 aromatic carbocycles. The van der Waals surface area contributed by atoms with Crippen molar-refractivity contribution in [3.05, 3.63) is 0 Å². The Hall–Kier alpha value is -0.830. The number of halogens is 3. The van der Waals surface area contributed by atoms with Gasteiger partial charge >= 0.3 is 12.1 Å². The lowest BCUT2D eigenvalue weighted by molar-refractivity contribution is -0.192. The van der Waals surface area contributed by atoms with E-state index in [1.54, 1.807) is 0 Å². The molecule has 0 saturated heterocycles. The molecule has 1 fully saturated rings. The number of carbonyl (C=O) groups is 1. The van der Waals surface area contributed by atoms with Crippen molar-refractivity contribution >= 4 is 15.7 Å². The average molecular weight is 358 g/mol. The number of nitrogens with two attached hydrogens (primary N) is 1. The van der Waals surface area contributed by atoms with Crippen LogP contribution in [0.3, 0.4) is 0 Å². The lowest BCUT2D eigenvalue weighted by Crippen LogP contribution is -2.35. The molecule has 1 rings (SSSR count). The monoisotopic (exact) mass is 358 g/mol. The molecule has 1 aliphatic rings. The Kier molecular flexibility index (Phi) is 7.31. The molecule has 0 aliphatic heterocycles. The second-order valence-electron chi connectivity index (χ2n) is 6.29. The van der Waals surface area contributed by atoms with Gasteiger partial charge in [0.25, 0.3) is 0 Å². The molecule has 23 heavy (non-hydrogen) atoms. The van der Waals surface area contributed by atoms with Gasteiger partial charge in [0.2, 0.25) is 0 Å². The first-order chi connectivity index (χ1) is 10.5. The third-order valence-corrected chi connectivity index (χ3v) is 6.26. The molecule has 2 unspecified atom stereocenters. The number of hydrogen-bond acceptors (Lipinski definition) is 4. The predicted octanol–water partition coefficient (Wildman–Crippen LogP) is 2.98. The van der Waals surface area contributed by atoms with E-state index in [9.17, 15) is 22.2 Å². The van der Waals surface area contributed by atoms with Gasteiger partial charge in [0, 0.05) is 21.2 Å². The summed E-state index contributed by atoms with van der Waals surface area (Å²) in [6, 6.07) is -1.24. The van der Waals surface area contributed by atoms with Crippen LogP contribution in [0, 0.1) is 16.6 Å². The van der Waals surface area contributed by atoms with Crippen LogP contribution in [-0.2, 0) is 14.5 Å². The van der Waals surface area contributed by atoms with E-state index >= 15 is 0 Å². The van der Waals surface area contributed by atoms with Crippen molar-refractivity contribution in [1.29, 1.82) is 4.78 Å². The molecule has 1 saturated carbocycles. The molecule has 0 amide bonds. The summed E-state index contributed by atoms with van der Waals surface area (Å²) < 4.78 is 59.5. The van der Waals surface area contributed by atoms with Crippen molar-refractivity contribution in [2.45, 2.75) is 57.2 Å². The highest BCUT2D eigenvalue weighted by Crippen LogP contribution is 2.41. The summed E-state index contributed by atoms with van der Waals surface area (Å²) in [6.07, 6.45) is -1.31. The van der Waals surface area contributed by atoms with E-state index in [2.05, 4.69) is 0 Å². The first-order valence-corrected chi connectivity index (χ1v) is 9.72. The Bertz CT molecular complexity index is 488. The number of carboxylic acids is 1. The van der Waals surface area contributed by atoms with E-state index in [1.165, 1.54) is 0 Å². The maximum atomic E-state index is 13.2. The second-order valence-corrected chi connectivity index (χ2v) is 8.73. The summed E-state index contributed by atoms with van der Waals surface area (Å²) in [4.78, 5) is 10.6. The third-order valence-electron chi connectivity index (χ3n) is 4.47. The number of nitrogens with one attached hydrogen (secondary N) is 1. The van der Waals surface area contributed by atoms with Gasteiger partial charge < -0.3 is 10.8 Å². The highest BCUT2D eigenvalue weighted by Gasteiger charge is 2.44. The normalized spacial score (nSPS) is 22.3. The minimum Gasteiger partial charge on any atom is -0.480 e. The van der Waals surface area contributed by atoms with Gasteiger partial charge in [-0.2, -0.15) is 13.2 Å². The van der Waals surface area contributed by atoms with Crippen LogP contribution in [0.15, 0.2) is 0 Å². The topological polar surface area (TPSA) is 104 Å². The van der Waals surface area contributed by atoms with Crippen LogP contribution in [-0.4, -0.2) is 39.0 Å². The zero-order valence-electron chi connectivity index (χ0n) is 13.0. The molecule has 0 aromatic rings. The van der Waals surface area contributed by atoms with Crippen LogP contribution in [0.5, 0.6) is 0 Å².